The van der Waals surface area contributed by atoms with Gasteiger partial charge in [0.25, 0.3) is 5.35 Å². The molecule has 4 aromatic rings. The van der Waals surface area contributed by atoms with Gasteiger partial charge < -0.3 is 19.6 Å². The number of anilines is 2. The summed E-state index contributed by atoms with van der Waals surface area (Å²) in [6.07, 6.45) is 13.2. The number of aliphatic hydroxyl groups is 1. The summed E-state index contributed by atoms with van der Waals surface area (Å²) < 4.78 is 22.5. The predicted molar refractivity (Wildman–Crippen MR) is 142 cm³/mol. The molecule has 7 rings (SSSR count). The van der Waals surface area contributed by atoms with E-state index in [1.807, 2.05) is 15.2 Å². The predicted octanol–water partition coefficient (Wildman–Crippen LogP) is 0.631. The molecule has 2 saturated heterocycles. The molecule has 0 bridgehead atoms. The molecule has 0 amide bonds. The van der Waals surface area contributed by atoms with Crippen LogP contribution in [0.1, 0.15) is 35.6 Å². The zero-order chi connectivity index (χ0) is 27.3. The van der Waals surface area contributed by atoms with Gasteiger partial charge in [0.2, 0.25) is 11.8 Å². The molecule has 1 aromatic carbocycles. The minimum Gasteiger partial charge on any atom is -0.381 e. The lowest BCUT2D eigenvalue weighted by Gasteiger charge is -2.34. The van der Waals surface area contributed by atoms with Gasteiger partial charge in [-0.25, -0.2) is 19.3 Å². The highest BCUT2D eigenvalue weighted by Crippen LogP contribution is 2.29. The van der Waals surface area contributed by atoms with E-state index in [4.69, 9.17) is 4.74 Å². The Labute approximate surface area is 229 Å². The monoisotopic (exact) mass is 542 g/mol. The summed E-state index contributed by atoms with van der Waals surface area (Å²) in [5.41, 5.74) is 0.911. The molecule has 3 aliphatic rings. The maximum absolute atomic E-state index is 13.3. The Morgan fingerprint density at radius 3 is 2.40 bits per heavy atom. The van der Waals surface area contributed by atoms with Crippen LogP contribution in [0, 0.1) is 12.0 Å². The van der Waals surface area contributed by atoms with Gasteiger partial charge in [0.05, 0.1) is 31.4 Å². The van der Waals surface area contributed by atoms with E-state index in [9.17, 15) is 9.50 Å². The van der Waals surface area contributed by atoms with Crippen LogP contribution in [0.5, 0.6) is 0 Å². The lowest BCUT2D eigenvalue weighted by Crippen LogP contribution is -2.51. The highest BCUT2D eigenvalue weighted by atomic mass is 19.1. The van der Waals surface area contributed by atoms with E-state index in [2.05, 4.69) is 53.4 Å². The van der Waals surface area contributed by atoms with Gasteiger partial charge in [-0.1, -0.05) is 16.5 Å². The van der Waals surface area contributed by atoms with Crippen molar-refractivity contribution in [1.82, 2.24) is 29.8 Å². The number of nitrogens with zero attached hydrogens (tertiary/aromatic N) is 9. The first-order chi connectivity index (χ1) is 19.5. The molecule has 6 heterocycles. The van der Waals surface area contributed by atoms with Crippen molar-refractivity contribution in [2.75, 3.05) is 49.2 Å². The molecule has 1 N–H and O–H groups in total. The maximum Gasteiger partial charge on any atom is 0.277 e. The minimum absolute atomic E-state index is 0.0746. The van der Waals surface area contributed by atoms with Crippen LogP contribution >= 0.6 is 0 Å². The van der Waals surface area contributed by atoms with Crippen LogP contribution < -0.4 is 19.5 Å². The summed E-state index contributed by atoms with van der Waals surface area (Å²) in [6.45, 7) is 6.02. The van der Waals surface area contributed by atoms with E-state index in [0.717, 1.165) is 42.9 Å². The Kier molecular flexibility index (Phi) is 6.01. The van der Waals surface area contributed by atoms with E-state index in [-0.39, 0.29) is 11.7 Å². The number of aromatic nitrogens is 7. The average Bonchev–Trinajstić information content (AvgIpc) is 3.60. The largest absolute Gasteiger partial charge is 0.381 e. The summed E-state index contributed by atoms with van der Waals surface area (Å²) in [7, 11) is 0. The van der Waals surface area contributed by atoms with E-state index in [0.29, 0.717) is 36.3 Å². The Hall–Kier alpha value is -4.29. The first-order valence-electron chi connectivity index (χ1n) is 13.3. The van der Waals surface area contributed by atoms with Crippen LogP contribution in [0.4, 0.5) is 16.2 Å². The van der Waals surface area contributed by atoms with Gasteiger partial charge in [-0.3, -0.25) is 4.68 Å². The molecule has 204 valence electrons. The number of hydrogen-bond donors (Lipinski definition) is 1. The summed E-state index contributed by atoms with van der Waals surface area (Å²) in [5, 5.41) is 21.0. The smallest absolute Gasteiger partial charge is 0.277 e. The second kappa shape index (κ2) is 9.72. The Balaban J connectivity index is 1.04. The normalized spacial score (nSPS) is 20.3. The number of rotatable bonds is 6. The summed E-state index contributed by atoms with van der Waals surface area (Å²) in [6, 6.07) is 6.12. The van der Waals surface area contributed by atoms with Crippen molar-refractivity contribution < 1.29 is 18.6 Å². The van der Waals surface area contributed by atoms with Gasteiger partial charge in [-0.05, 0) is 24.6 Å². The fourth-order valence-corrected chi connectivity index (χ4v) is 5.32. The highest BCUT2D eigenvalue weighted by molar-refractivity contribution is 5.48. The molecule has 2 atom stereocenters. The maximum atomic E-state index is 13.3. The van der Waals surface area contributed by atoms with Gasteiger partial charge in [0.15, 0.2) is 12.5 Å². The lowest BCUT2D eigenvalue weighted by molar-refractivity contribution is -0.589. The zero-order valence-electron chi connectivity index (χ0n) is 22.0. The van der Waals surface area contributed by atoms with Crippen molar-refractivity contribution in [2.24, 2.45) is 0 Å². The van der Waals surface area contributed by atoms with E-state index in [1.165, 1.54) is 12.1 Å². The molecular formula is C28H29FN9O2+. The Morgan fingerprint density at radius 2 is 1.70 bits per heavy atom. The number of ether oxygens (including phenoxy) is 1. The van der Waals surface area contributed by atoms with Gasteiger partial charge in [0.1, 0.15) is 11.4 Å². The van der Waals surface area contributed by atoms with Crippen LogP contribution in [0.3, 0.4) is 0 Å². The summed E-state index contributed by atoms with van der Waals surface area (Å²) >= 11 is 0. The van der Waals surface area contributed by atoms with Crippen molar-refractivity contribution >= 4 is 17.8 Å². The standard InChI is InChI=1S/C28H29FN9O2/c1-28(39,21-2-4-23(29)5-3-21)22-12-30-27(31-13-22)36-8-6-35(7-9-36)26-25-10-19(14-38(25)34-18-32-26)20-11-33-37(15-20)24-16-40-17-24/h2-5,10-15,18-19,24,39H,6-9,16-17H2,1H3/q+1/t19?,28-/m0/s1. The molecule has 1 unspecified atom stereocenters. The number of halogens is 1. The fraction of sp³-hybridized carbons (Fsp3) is 0.357. The second-order valence-corrected chi connectivity index (χ2v) is 10.5. The van der Waals surface area contributed by atoms with E-state index >= 15 is 0 Å². The van der Waals surface area contributed by atoms with Gasteiger partial charge in [0, 0.05) is 67.1 Å². The van der Waals surface area contributed by atoms with Crippen LogP contribution in [0.2, 0.25) is 0 Å². The molecule has 0 spiro atoms. The van der Waals surface area contributed by atoms with Crippen LogP contribution in [-0.4, -0.2) is 74.3 Å². The number of fused-ring (bicyclic) bond motifs is 1. The van der Waals surface area contributed by atoms with Crippen molar-refractivity contribution in [3.63, 3.8) is 0 Å². The van der Waals surface area contributed by atoms with Crippen molar-refractivity contribution in [3.8, 4) is 0 Å². The van der Waals surface area contributed by atoms with Crippen molar-refractivity contribution in [1.29, 1.82) is 0 Å². The van der Waals surface area contributed by atoms with E-state index < -0.39 is 5.60 Å². The molecule has 0 aliphatic carbocycles. The van der Waals surface area contributed by atoms with Crippen LogP contribution in [-0.2, 0) is 10.3 Å². The highest BCUT2D eigenvalue weighted by Gasteiger charge is 2.30. The first kappa shape index (κ1) is 24.7. The minimum atomic E-state index is -1.33. The topological polar surface area (TPSA) is 111 Å². The van der Waals surface area contributed by atoms with Gasteiger partial charge in [-0.15, -0.1) is 0 Å². The molecule has 11 nitrogen and oxygen atoms in total. The molecule has 2 fully saturated rings. The quantitative estimate of drug-likeness (QED) is 0.351. The molecule has 3 aliphatic heterocycles. The molecule has 12 heteroatoms. The summed E-state index contributed by atoms with van der Waals surface area (Å²) in [5.74, 6) is 1.23. The zero-order valence-corrected chi connectivity index (χ0v) is 22.0. The third-order valence-electron chi connectivity index (χ3n) is 7.94. The first-order valence-corrected chi connectivity index (χ1v) is 13.3. The number of piperazine rings is 1. The fourth-order valence-electron chi connectivity index (χ4n) is 5.32. The third kappa shape index (κ3) is 4.38. The van der Waals surface area contributed by atoms with Crippen LogP contribution in [0.25, 0.3) is 6.08 Å². The van der Waals surface area contributed by atoms with Crippen LogP contribution in [0.15, 0.2) is 55.4 Å². The molecular weight excluding hydrogens is 513 g/mol. The van der Waals surface area contributed by atoms with Gasteiger partial charge in [-0.2, -0.15) is 5.10 Å². The number of benzene rings is 1. The van der Waals surface area contributed by atoms with Crippen molar-refractivity contribution in [2.45, 2.75) is 24.5 Å². The Morgan fingerprint density at radius 1 is 0.975 bits per heavy atom. The van der Waals surface area contributed by atoms with Gasteiger partial charge >= 0.3 is 0 Å². The average molecular weight is 543 g/mol. The molecule has 3 aromatic heterocycles. The SMILES string of the molecule is C[C@](O)(c1ccc(F)cc1)c1cnc(N2CCN(c3ncn[n+]4c3=CC(c3cnn(C5COC5)c3)C=4)CC2)nc1. The third-order valence-corrected chi connectivity index (χ3v) is 7.94. The Bertz CT molecular complexity index is 1640. The summed E-state index contributed by atoms with van der Waals surface area (Å²) in [4.78, 5) is 18.1. The lowest BCUT2D eigenvalue weighted by atomic mass is 9.90. The molecule has 0 saturated carbocycles. The molecule has 0 radical (unpaired) electrons. The molecule has 40 heavy (non-hydrogen) atoms. The second-order valence-electron chi connectivity index (χ2n) is 10.5. The van der Waals surface area contributed by atoms with E-state index in [1.54, 1.807) is 37.8 Å². The van der Waals surface area contributed by atoms with Crippen molar-refractivity contribution in [3.05, 3.63) is 89.5 Å². The number of hydrogen-bond acceptors (Lipinski definition) is 9.